The molecule has 0 atom stereocenters. The van der Waals surface area contributed by atoms with Crippen LogP contribution in [-0.4, -0.2) is 15.5 Å². The lowest BCUT2D eigenvalue weighted by molar-refractivity contribution is -0.626. The van der Waals surface area contributed by atoms with Gasteiger partial charge < -0.3 is 0 Å². The number of carbonyl (C=O) groups is 1. The van der Waals surface area contributed by atoms with Crippen LogP contribution in [0.1, 0.15) is 41.5 Å². The largest absolute Gasteiger partial charge is 0.284 e. The van der Waals surface area contributed by atoms with E-state index in [0.717, 1.165) is 47.5 Å². The van der Waals surface area contributed by atoms with Crippen LogP contribution in [0.5, 0.6) is 0 Å². The lowest BCUT2D eigenvalue weighted by Crippen LogP contribution is -2.36. The highest BCUT2D eigenvalue weighted by atomic mass is 16.1. The second-order valence-corrected chi connectivity index (χ2v) is 8.01. The molecule has 4 heteroatoms. The van der Waals surface area contributed by atoms with Gasteiger partial charge in [-0.2, -0.15) is 5.10 Å². The first kappa shape index (κ1) is 20.0. The summed E-state index contributed by atoms with van der Waals surface area (Å²) in [5.74, 6) is 0.0103. The molecule has 32 heavy (non-hydrogen) atoms. The monoisotopic (exact) mass is 420 g/mol. The van der Waals surface area contributed by atoms with Crippen molar-refractivity contribution < 1.29 is 9.31 Å². The number of hydrogen-bond acceptors (Lipinski definition) is 1. The molecule has 0 spiro atoms. The molecule has 2 aromatic heterocycles. The van der Waals surface area contributed by atoms with Crippen LogP contribution in [0, 0.1) is 0 Å². The van der Waals surface area contributed by atoms with Crippen LogP contribution in [0.2, 0.25) is 0 Å². The molecule has 0 saturated carbocycles. The fourth-order valence-electron chi connectivity index (χ4n) is 4.23. The van der Waals surface area contributed by atoms with E-state index in [9.17, 15) is 4.79 Å². The zero-order valence-corrected chi connectivity index (χ0v) is 18.2. The molecule has 5 rings (SSSR count). The van der Waals surface area contributed by atoms with Gasteiger partial charge in [0.25, 0.3) is 0 Å². The Morgan fingerprint density at radius 2 is 1.44 bits per heavy atom. The summed E-state index contributed by atoms with van der Waals surface area (Å²) in [4.78, 5) is 13.8. The molecule has 0 saturated heterocycles. The SMILES string of the molecule is CCCCc1cc(-c2ccccc2)n2[nH]c(-c3ccccc3)c(C(=O)c3ccccc3)[n+]12. The Balaban J connectivity index is 1.82. The summed E-state index contributed by atoms with van der Waals surface area (Å²) in [6.45, 7) is 2.19. The zero-order chi connectivity index (χ0) is 21.9. The van der Waals surface area contributed by atoms with Crippen molar-refractivity contribution in [3.05, 3.63) is 114 Å². The third-order valence-corrected chi connectivity index (χ3v) is 5.84. The average Bonchev–Trinajstić information content (AvgIpc) is 3.41. The summed E-state index contributed by atoms with van der Waals surface area (Å²) in [5.41, 5.74) is 6.44. The molecule has 0 amide bonds. The van der Waals surface area contributed by atoms with Gasteiger partial charge in [-0.1, -0.05) is 104 Å². The number of benzene rings is 3. The molecule has 0 aliphatic heterocycles. The Morgan fingerprint density at radius 1 is 0.844 bits per heavy atom. The Hall–Kier alpha value is -3.92. The number of aryl methyl sites for hydroxylation is 1. The molecule has 1 N–H and O–H groups in total. The number of nitrogens with one attached hydrogen (secondary N) is 1. The number of aromatic nitrogens is 3. The molecule has 2 heterocycles. The van der Waals surface area contributed by atoms with E-state index in [1.165, 1.54) is 0 Å². The van der Waals surface area contributed by atoms with E-state index in [4.69, 9.17) is 0 Å². The minimum atomic E-state index is 0.0103. The number of unbranched alkanes of at least 4 members (excludes halogenated alkanes) is 1. The fourth-order valence-corrected chi connectivity index (χ4v) is 4.23. The first-order valence-electron chi connectivity index (χ1n) is 11.2. The van der Waals surface area contributed by atoms with Crippen molar-refractivity contribution >= 4 is 5.78 Å². The van der Waals surface area contributed by atoms with Gasteiger partial charge in [0, 0.05) is 29.2 Å². The molecule has 5 aromatic rings. The smallest absolute Gasteiger partial charge is 0.250 e. The first-order chi connectivity index (χ1) is 15.8. The Bertz CT molecular complexity index is 1350. The Kier molecular flexibility index (Phi) is 5.42. The normalized spacial score (nSPS) is 11.2. The van der Waals surface area contributed by atoms with Crippen molar-refractivity contribution in [2.24, 2.45) is 0 Å². The number of carbonyl (C=O) groups excluding carboxylic acids is 1. The molecule has 0 radical (unpaired) electrons. The second-order valence-electron chi connectivity index (χ2n) is 8.01. The maximum atomic E-state index is 13.8. The lowest BCUT2D eigenvalue weighted by atomic mass is 10.0. The predicted octanol–water partition coefficient (Wildman–Crippen LogP) is 5.76. The summed E-state index contributed by atoms with van der Waals surface area (Å²) < 4.78 is 4.11. The fraction of sp³-hybridized carbons (Fsp3) is 0.143. The van der Waals surface area contributed by atoms with Gasteiger partial charge in [0.15, 0.2) is 0 Å². The van der Waals surface area contributed by atoms with Gasteiger partial charge in [-0.25, -0.2) is 0 Å². The van der Waals surface area contributed by atoms with E-state index in [-0.39, 0.29) is 5.78 Å². The number of H-pyrrole nitrogens is 1. The third-order valence-electron chi connectivity index (χ3n) is 5.84. The van der Waals surface area contributed by atoms with Gasteiger partial charge in [0.2, 0.25) is 17.2 Å². The number of aromatic amines is 1. The maximum absolute atomic E-state index is 13.8. The van der Waals surface area contributed by atoms with E-state index < -0.39 is 0 Å². The molecule has 0 bridgehead atoms. The van der Waals surface area contributed by atoms with E-state index in [0.29, 0.717) is 11.3 Å². The van der Waals surface area contributed by atoms with Crippen LogP contribution < -0.4 is 4.52 Å². The van der Waals surface area contributed by atoms with E-state index in [2.05, 4.69) is 34.7 Å². The van der Waals surface area contributed by atoms with Gasteiger partial charge in [-0.05, 0) is 11.1 Å². The lowest BCUT2D eigenvalue weighted by Gasteiger charge is -2.01. The quantitative estimate of drug-likeness (QED) is 0.264. The average molecular weight is 421 g/mol. The number of fused-ring (bicyclic) bond motifs is 1. The Labute approximate surface area is 187 Å². The molecular formula is C28H26N3O+. The number of nitrogens with zero attached hydrogens (tertiary/aromatic N) is 2. The summed E-state index contributed by atoms with van der Waals surface area (Å²) in [6.07, 6.45) is 3.06. The summed E-state index contributed by atoms with van der Waals surface area (Å²) in [7, 11) is 0. The standard InChI is InChI=1S/C28H25N3O/c1-2-3-19-24-20-25(21-13-7-4-8-14-21)31-29-26(22-15-9-5-10-16-22)27(30(24)31)28(32)23-17-11-6-12-18-23/h4-18,20H,2-3,19H2,1H3/p+1. The van der Waals surface area contributed by atoms with Crippen LogP contribution in [0.15, 0.2) is 97.1 Å². The molecule has 0 aliphatic carbocycles. The number of hydrogen-bond donors (Lipinski definition) is 1. The van der Waals surface area contributed by atoms with Crippen LogP contribution in [0.3, 0.4) is 0 Å². The van der Waals surface area contributed by atoms with E-state index >= 15 is 0 Å². The first-order valence-corrected chi connectivity index (χ1v) is 11.2. The van der Waals surface area contributed by atoms with Crippen LogP contribution in [0.25, 0.3) is 22.5 Å². The third kappa shape index (κ3) is 3.54. The number of rotatable bonds is 7. The van der Waals surface area contributed by atoms with E-state index in [1.54, 1.807) is 0 Å². The molecule has 0 aliphatic rings. The maximum Gasteiger partial charge on any atom is 0.250 e. The highest BCUT2D eigenvalue weighted by molar-refractivity contribution is 6.09. The van der Waals surface area contributed by atoms with E-state index in [1.807, 2.05) is 83.5 Å². The van der Waals surface area contributed by atoms with Crippen molar-refractivity contribution in [3.63, 3.8) is 0 Å². The molecular weight excluding hydrogens is 394 g/mol. The topological polar surface area (TPSA) is 41.4 Å². The molecule has 158 valence electrons. The van der Waals surface area contributed by atoms with Gasteiger partial charge >= 0.3 is 0 Å². The highest BCUT2D eigenvalue weighted by Gasteiger charge is 2.32. The zero-order valence-electron chi connectivity index (χ0n) is 18.2. The van der Waals surface area contributed by atoms with Crippen molar-refractivity contribution in [2.45, 2.75) is 26.2 Å². The van der Waals surface area contributed by atoms with Gasteiger partial charge in [-0.3, -0.25) is 4.79 Å². The van der Waals surface area contributed by atoms with Crippen molar-refractivity contribution in [2.75, 3.05) is 0 Å². The second kappa shape index (κ2) is 8.67. The van der Waals surface area contributed by atoms with Crippen molar-refractivity contribution in [1.29, 1.82) is 0 Å². The number of ketones is 1. The molecule has 0 unspecified atom stereocenters. The van der Waals surface area contributed by atoms with Crippen molar-refractivity contribution in [3.8, 4) is 22.5 Å². The van der Waals surface area contributed by atoms with Gasteiger partial charge in [0.05, 0.1) is 0 Å². The molecule has 3 aromatic carbocycles. The summed E-state index contributed by atoms with van der Waals surface area (Å²) >= 11 is 0. The Morgan fingerprint density at radius 3 is 2.06 bits per heavy atom. The van der Waals surface area contributed by atoms with Crippen LogP contribution in [-0.2, 0) is 6.42 Å². The van der Waals surface area contributed by atoms with Crippen molar-refractivity contribution in [1.82, 2.24) is 9.73 Å². The summed E-state index contributed by atoms with van der Waals surface area (Å²) in [6, 6.07) is 32.1. The molecule has 0 fully saturated rings. The minimum Gasteiger partial charge on any atom is -0.284 e. The minimum absolute atomic E-state index is 0.0103. The van der Waals surface area contributed by atoms with Crippen LogP contribution in [0.4, 0.5) is 0 Å². The molecule has 4 nitrogen and oxygen atoms in total. The predicted molar refractivity (Wildman–Crippen MR) is 127 cm³/mol. The summed E-state index contributed by atoms with van der Waals surface area (Å²) in [5, 5.41) is 3.55. The van der Waals surface area contributed by atoms with Gasteiger partial charge in [-0.15, -0.1) is 4.52 Å². The van der Waals surface area contributed by atoms with Crippen LogP contribution >= 0.6 is 0 Å². The van der Waals surface area contributed by atoms with Gasteiger partial charge in [0.1, 0.15) is 11.4 Å². The highest BCUT2D eigenvalue weighted by Crippen LogP contribution is 2.26.